The van der Waals surface area contributed by atoms with Crippen molar-refractivity contribution in [1.82, 2.24) is 31.9 Å². The van der Waals surface area contributed by atoms with Gasteiger partial charge in [-0.15, -0.1) is 0 Å². The molecule has 0 aromatic carbocycles. The predicted octanol–water partition coefficient (Wildman–Crippen LogP) is -7.05. The largest absolute Gasteiger partial charge is 0.481 e. The van der Waals surface area contributed by atoms with Gasteiger partial charge in [-0.1, -0.05) is 13.8 Å². The standard InChI is InChI=1S/C24H40N8O13/c1-9(2)18(26)22(42)31-12(5-17(38)39)21(41)32-19(10(3)34)23(43)28-7-15(36)29-11(4-14(25)35)20(40)27-6-16(37)30-13(8-33)24(44)45/h9-13,18-19,33-34H,4-8,26H2,1-3H3,(H2,25,35)(H,27,40)(H,28,43)(H,29,36)(H,30,37)(H,31,42)(H,32,41)(H,38,39)(H,44,45)/t10-,11+,12+,13+,18+,19+/m1/s1. The lowest BCUT2D eigenvalue weighted by molar-refractivity contribution is -0.143. The minimum atomic E-state index is -1.76. The number of nitrogens with two attached hydrogens (primary N) is 2. The molecule has 45 heavy (non-hydrogen) atoms. The first kappa shape index (κ1) is 40.1. The second-order valence-corrected chi connectivity index (χ2v) is 10.0. The van der Waals surface area contributed by atoms with Crippen molar-refractivity contribution < 1.29 is 63.6 Å². The van der Waals surface area contributed by atoms with Crippen molar-refractivity contribution in [2.24, 2.45) is 17.4 Å². The molecular weight excluding hydrogens is 608 g/mol. The van der Waals surface area contributed by atoms with Crippen molar-refractivity contribution >= 4 is 53.3 Å². The van der Waals surface area contributed by atoms with Gasteiger partial charge in [0, 0.05) is 0 Å². The Morgan fingerprint density at radius 3 is 1.58 bits per heavy atom. The van der Waals surface area contributed by atoms with Gasteiger partial charge in [-0.3, -0.25) is 38.4 Å². The van der Waals surface area contributed by atoms with Crippen LogP contribution in [0.1, 0.15) is 33.6 Å². The van der Waals surface area contributed by atoms with Crippen molar-refractivity contribution in [3.8, 4) is 0 Å². The van der Waals surface area contributed by atoms with Crippen LogP contribution in [0.2, 0.25) is 0 Å². The zero-order valence-electron chi connectivity index (χ0n) is 24.7. The van der Waals surface area contributed by atoms with Gasteiger partial charge in [0.25, 0.3) is 0 Å². The molecule has 21 heteroatoms. The molecule has 0 aliphatic heterocycles. The molecule has 0 saturated heterocycles. The van der Waals surface area contributed by atoms with Crippen LogP contribution in [0.25, 0.3) is 0 Å². The first-order valence-corrected chi connectivity index (χ1v) is 13.3. The van der Waals surface area contributed by atoms with Crippen LogP contribution in [-0.4, -0.2) is 130 Å². The quantitative estimate of drug-likeness (QED) is 0.0584. The molecule has 14 N–H and O–H groups in total. The minimum Gasteiger partial charge on any atom is -0.481 e. The van der Waals surface area contributed by atoms with Gasteiger partial charge in [0.2, 0.25) is 41.4 Å². The maximum absolute atomic E-state index is 12.7. The molecular formula is C24H40N8O13. The second-order valence-electron chi connectivity index (χ2n) is 10.0. The average molecular weight is 649 g/mol. The van der Waals surface area contributed by atoms with Crippen LogP contribution < -0.4 is 43.4 Å². The van der Waals surface area contributed by atoms with E-state index in [9.17, 15) is 48.3 Å². The molecule has 0 spiro atoms. The van der Waals surface area contributed by atoms with Crippen LogP contribution in [0, 0.1) is 5.92 Å². The normalized spacial score (nSPS) is 14.7. The van der Waals surface area contributed by atoms with Gasteiger partial charge in [-0.05, 0) is 12.8 Å². The number of carboxylic acid groups (broad SMARTS) is 2. The molecule has 0 heterocycles. The van der Waals surface area contributed by atoms with E-state index in [1.807, 2.05) is 10.6 Å². The lowest BCUT2D eigenvalue weighted by atomic mass is 10.0. The molecule has 254 valence electrons. The number of carbonyl (C=O) groups excluding carboxylic acids is 7. The maximum atomic E-state index is 12.7. The number of nitrogens with one attached hydrogen (secondary N) is 6. The summed E-state index contributed by atoms with van der Waals surface area (Å²) in [6.45, 7) is 1.68. The monoisotopic (exact) mass is 648 g/mol. The van der Waals surface area contributed by atoms with Crippen molar-refractivity contribution in [2.45, 2.75) is 69.9 Å². The summed E-state index contributed by atoms with van der Waals surface area (Å²) in [5.41, 5.74) is 10.8. The highest BCUT2D eigenvalue weighted by Crippen LogP contribution is 2.03. The number of carboxylic acids is 2. The molecule has 0 aliphatic rings. The highest BCUT2D eigenvalue weighted by molar-refractivity contribution is 5.97. The number of aliphatic hydroxyl groups is 2. The van der Waals surface area contributed by atoms with Gasteiger partial charge in [-0.25, -0.2) is 4.79 Å². The third-order valence-electron chi connectivity index (χ3n) is 5.81. The molecule has 0 radical (unpaired) electrons. The van der Waals surface area contributed by atoms with Crippen LogP contribution in [0.3, 0.4) is 0 Å². The number of hydrogen-bond donors (Lipinski definition) is 12. The summed E-state index contributed by atoms with van der Waals surface area (Å²) in [7, 11) is 0. The predicted molar refractivity (Wildman–Crippen MR) is 149 cm³/mol. The number of amides is 7. The Balaban J connectivity index is 5.36. The summed E-state index contributed by atoms with van der Waals surface area (Å²) in [6.07, 6.45) is -3.25. The van der Waals surface area contributed by atoms with E-state index < -0.39 is 122 Å². The minimum absolute atomic E-state index is 0.364. The summed E-state index contributed by atoms with van der Waals surface area (Å²) < 4.78 is 0. The molecule has 7 amide bonds. The van der Waals surface area contributed by atoms with E-state index in [1.165, 1.54) is 0 Å². The van der Waals surface area contributed by atoms with Gasteiger partial charge in [0.05, 0.1) is 44.7 Å². The molecule has 0 aliphatic carbocycles. The average Bonchev–Trinajstić information content (AvgIpc) is 2.93. The number of carbonyl (C=O) groups is 9. The Hall–Kier alpha value is -4.89. The third kappa shape index (κ3) is 15.4. The maximum Gasteiger partial charge on any atom is 0.328 e. The van der Waals surface area contributed by atoms with Gasteiger partial charge in [0.15, 0.2) is 0 Å². The van der Waals surface area contributed by atoms with Crippen molar-refractivity contribution in [3.05, 3.63) is 0 Å². The first-order valence-electron chi connectivity index (χ1n) is 13.3. The Labute approximate surface area is 256 Å². The highest BCUT2D eigenvalue weighted by atomic mass is 16.4. The smallest absolute Gasteiger partial charge is 0.328 e. The van der Waals surface area contributed by atoms with Crippen LogP contribution in [0.15, 0.2) is 0 Å². The molecule has 0 saturated carbocycles. The van der Waals surface area contributed by atoms with E-state index in [1.54, 1.807) is 13.8 Å². The Bertz CT molecular complexity index is 1130. The third-order valence-corrected chi connectivity index (χ3v) is 5.81. The summed E-state index contributed by atoms with van der Waals surface area (Å²) in [5.74, 6) is -10.8. The van der Waals surface area contributed by atoms with Crippen LogP contribution >= 0.6 is 0 Å². The molecule has 0 aromatic rings. The van der Waals surface area contributed by atoms with Crippen molar-refractivity contribution in [2.75, 3.05) is 19.7 Å². The zero-order valence-corrected chi connectivity index (χ0v) is 24.7. The number of aliphatic hydroxyl groups excluding tert-OH is 2. The fraction of sp³-hybridized carbons (Fsp3) is 0.625. The van der Waals surface area contributed by atoms with E-state index >= 15 is 0 Å². The fourth-order valence-electron chi connectivity index (χ4n) is 3.27. The lowest BCUT2D eigenvalue weighted by Gasteiger charge is -2.25. The number of hydrogen-bond acceptors (Lipinski definition) is 12. The van der Waals surface area contributed by atoms with Crippen LogP contribution in [-0.2, 0) is 43.2 Å². The van der Waals surface area contributed by atoms with Crippen molar-refractivity contribution in [3.63, 3.8) is 0 Å². The number of primary amides is 1. The van der Waals surface area contributed by atoms with Crippen molar-refractivity contribution in [1.29, 1.82) is 0 Å². The van der Waals surface area contributed by atoms with Gasteiger partial charge >= 0.3 is 11.9 Å². The molecule has 21 nitrogen and oxygen atoms in total. The zero-order chi connectivity index (χ0) is 35.0. The van der Waals surface area contributed by atoms with Gasteiger partial charge < -0.3 is 63.8 Å². The Kier molecular flexibility index (Phi) is 17.3. The Morgan fingerprint density at radius 2 is 1.16 bits per heavy atom. The molecule has 0 aromatic heterocycles. The van der Waals surface area contributed by atoms with E-state index in [0.717, 1.165) is 6.92 Å². The lowest BCUT2D eigenvalue weighted by Crippen LogP contribution is -2.59. The van der Waals surface area contributed by atoms with E-state index in [0.29, 0.717) is 0 Å². The van der Waals surface area contributed by atoms with Gasteiger partial charge in [-0.2, -0.15) is 0 Å². The SMILES string of the molecule is CC(C)[C@H](N)C(=O)N[C@@H](CC(=O)O)C(=O)N[C@H](C(=O)NCC(=O)N[C@@H](CC(N)=O)C(=O)NCC(=O)N[C@@H](CO)C(=O)O)[C@@H](C)O. The summed E-state index contributed by atoms with van der Waals surface area (Å²) in [4.78, 5) is 108. The Morgan fingerprint density at radius 1 is 0.667 bits per heavy atom. The summed E-state index contributed by atoms with van der Waals surface area (Å²) in [5, 5.41) is 49.3. The van der Waals surface area contributed by atoms with E-state index in [-0.39, 0.29) is 5.92 Å². The van der Waals surface area contributed by atoms with E-state index in [4.69, 9.17) is 26.8 Å². The number of rotatable bonds is 20. The molecule has 0 fully saturated rings. The summed E-state index contributed by atoms with van der Waals surface area (Å²) in [6, 6.07) is -7.84. The van der Waals surface area contributed by atoms with Crippen LogP contribution in [0.5, 0.6) is 0 Å². The first-order chi connectivity index (χ1) is 20.8. The summed E-state index contributed by atoms with van der Waals surface area (Å²) >= 11 is 0. The molecule has 0 rings (SSSR count). The highest BCUT2D eigenvalue weighted by Gasteiger charge is 2.33. The van der Waals surface area contributed by atoms with Crippen LogP contribution in [0.4, 0.5) is 0 Å². The van der Waals surface area contributed by atoms with Gasteiger partial charge in [0.1, 0.15) is 24.2 Å². The second kappa shape index (κ2) is 19.4. The molecule has 0 bridgehead atoms. The van der Waals surface area contributed by atoms with E-state index in [2.05, 4.69) is 21.3 Å². The fourth-order valence-corrected chi connectivity index (χ4v) is 3.27. The topological polar surface area (TPSA) is 359 Å². The number of aliphatic carboxylic acids is 2. The molecule has 0 unspecified atom stereocenters. The molecule has 6 atom stereocenters.